The first-order valence-electron chi connectivity index (χ1n) is 18.2. The van der Waals surface area contributed by atoms with Gasteiger partial charge in [0.05, 0.1) is 36.3 Å². The van der Waals surface area contributed by atoms with Crippen LogP contribution in [0.5, 0.6) is 0 Å². The minimum absolute atomic E-state index is 0.135. The SMILES string of the molecule is CC1=C2C[C@H]3[C@@H](CC=C4C[C@@H](O)CC[C@@]43C)[C@@H]2CC[C@]12O[C@@H]1C[C@H](C)CN(Cc3cn([C@H]4OC(CO)[C@@H](O)C(O)C4O)nn3)[C@H]1[C@H]2C. The Kier molecular flexibility index (Phi) is 8.08. The standard InChI is InChI=1S/C36H54N4O7/c1-18-11-28-30(39(14-18)15-22-16-40(38-37-22)34-33(45)32(44)31(43)29(17-41)46-34)20(3)36(47-28)10-8-24-25-6-5-21-12-23(42)7-9-35(21,4)27(25)13-26(24)19(36)2/h5,16,18,20,23-25,27-34,41-45H,6-15,17H2,1-4H3/t18-,20+,23-,24-,25-,27-,28+,29?,30-,31+,32?,33?,34-,35-,36-/m0/s1. The lowest BCUT2D eigenvalue weighted by Gasteiger charge is -2.49. The minimum atomic E-state index is -1.47. The lowest BCUT2D eigenvalue weighted by molar-refractivity contribution is -0.254. The van der Waals surface area contributed by atoms with E-state index in [0.29, 0.717) is 36.1 Å². The van der Waals surface area contributed by atoms with Gasteiger partial charge in [-0.1, -0.05) is 43.2 Å². The number of nitrogens with zero attached hydrogens (tertiary/aromatic N) is 4. The first-order chi connectivity index (χ1) is 22.4. The van der Waals surface area contributed by atoms with E-state index < -0.39 is 37.3 Å². The second-order valence-corrected chi connectivity index (χ2v) is 16.6. The van der Waals surface area contributed by atoms with E-state index >= 15 is 0 Å². The van der Waals surface area contributed by atoms with Gasteiger partial charge in [-0.3, -0.25) is 4.90 Å². The number of fused-ring (bicyclic) bond motifs is 6. The summed E-state index contributed by atoms with van der Waals surface area (Å²) in [4.78, 5) is 2.52. The average molecular weight is 655 g/mol. The summed E-state index contributed by atoms with van der Waals surface area (Å²) in [6.45, 7) is 10.6. The third kappa shape index (κ3) is 4.89. The van der Waals surface area contributed by atoms with Gasteiger partial charge in [-0.25, -0.2) is 4.68 Å². The van der Waals surface area contributed by atoms with Gasteiger partial charge in [-0.2, -0.15) is 0 Å². The van der Waals surface area contributed by atoms with Gasteiger partial charge in [0.25, 0.3) is 0 Å². The molecule has 8 rings (SSSR count). The van der Waals surface area contributed by atoms with E-state index in [-0.39, 0.29) is 29.3 Å². The van der Waals surface area contributed by atoms with Crippen LogP contribution >= 0.6 is 0 Å². The molecule has 0 radical (unpaired) electrons. The van der Waals surface area contributed by atoms with Gasteiger partial charge in [-0.15, -0.1) is 5.10 Å². The predicted octanol–water partition coefficient (Wildman–Crippen LogP) is 2.48. The number of ether oxygens (including phenoxy) is 2. The van der Waals surface area contributed by atoms with Crippen LogP contribution in [0.3, 0.4) is 0 Å². The summed E-state index contributed by atoms with van der Waals surface area (Å²) in [6.07, 6.45) is 6.27. The fourth-order valence-electron chi connectivity index (χ4n) is 11.7. The second-order valence-electron chi connectivity index (χ2n) is 16.6. The van der Waals surface area contributed by atoms with Crippen LogP contribution in [0.15, 0.2) is 29.0 Å². The van der Waals surface area contributed by atoms with Crippen molar-refractivity contribution < 1.29 is 35.0 Å². The Morgan fingerprint density at radius 1 is 1.04 bits per heavy atom. The fourth-order valence-corrected chi connectivity index (χ4v) is 11.7. The largest absolute Gasteiger partial charge is 0.394 e. The minimum Gasteiger partial charge on any atom is -0.394 e. The highest BCUT2D eigenvalue weighted by Crippen LogP contribution is 2.65. The zero-order valence-electron chi connectivity index (χ0n) is 28.3. The summed E-state index contributed by atoms with van der Waals surface area (Å²) < 4.78 is 14.4. The van der Waals surface area contributed by atoms with Crippen LogP contribution in [0.4, 0.5) is 0 Å². The Bertz CT molecular complexity index is 1430. The molecule has 11 nitrogen and oxygen atoms in total. The lowest BCUT2D eigenvalue weighted by Crippen LogP contribution is -2.56. The maximum atomic E-state index is 10.6. The molecule has 3 aliphatic heterocycles. The molecule has 260 valence electrons. The Morgan fingerprint density at radius 3 is 2.64 bits per heavy atom. The van der Waals surface area contributed by atoms with Crippen LogP contribution in [-0.2, 0) is 16.0 Å². The van der Waals surface area contributed by atoms with Gasteiger partial charge in [0.1, 0.15) is 24.4 Å². The topological polar surface area (TPSA) is 154 Å². The summed E-state index contributed by atoms with van der Waals surface area (Å²) in [5.74, 6) is 2.76. The maximum Gasteiger partial charge on any atom is 0.180 e. The van der Waals surface area contributed by atoms with E-state index in [0.717, 1.165) is 50.8 Å². The Labute approximate surface area is 277 Å². The molecule has 1 aromatic rings. The number of hydrogen-bond donors (Lipinski definition) is 5. The van der Waals surface area contributed by atoms with Crippen molar-refractivity contribution in [1.29, 1.82) is 0 Å². The summed E-state index contributed by atoms with van der Waals surface area (Å²) in [6, 6.07) is 0.241. The summed E-state index contributed by atoms with van der Waals surface area (Å²) >= 11 is 0. The average Bonchev–Trinajstić information content (AvgIpc) is 3.74. The van der Waals surface area contributed by atoms with Crippen molar-refractivity contribution >= 4 is 0 Å². The zero-order chi connectivity index (χ0) is 33.0. The molecule has 0 bridgehead atoms. The molecule has 4 aliphatic carbocycles. The van der Waals surface area contributed by atoms with Crippen LogP contribution in [-0.4, -0.2) is 107 Å². The van der Waals surface area contributed by atoms with Gasteiger partial charge in [0.2, 0.25) is 0 Å². The highest BCUT2D eigenvalue weighted by atomic mass is 16.6. The van der Waals surface area contributed by atoms with Crippen molar-refractivity contribution in [3.8, 4) is 0 Å². The monoisotopic (exact) mass is 654 g/mol. The second kappa shape index (κ2) is 11.7. The Morgan fingerprint density at radius 2 is 1.85 bits per heavy atom. The van der Waals surface area contributed by atoms with Gasteiger partial charge in [-0.05, 0) is 93.0 Å². The molecule has 2 saturated carbocycles. The van der Waals surface area contributed by atoms with Crippen molar-refractivity contribution in [2.45, 2.75) is 140 Å². The number of piperidine rings is 1. The van der Waals surface area contributed by atoms with E-state index in [1.165, 1.54) is 28.7 Å². The molecule has 5 N–H and O–H groups in total. The van der Waals surface area contributed by atoms with Crippen molar-refractivity contribution in [3.05, 3.63) is 34.7 Å². The smallest absolute Gasteiger partial charge is 0.180 e. The molecule has 7 aliphatic rings. The molecule has 1 aromatic heterocycles. The van der Waals surface area contributed by atoms with E-state index in [9.17, 15) is 25.5 Å². The lowest BCUT2D eigenvalue weighted by atomic mass is 9.56. The molecule has 15 atom stereocenters. The molecule has 3 unspecified atom stereocenters. The molecule has 5 fully saturated rings. The van der Waals surface area contributed by atoms with E-state index in [4.69, 9.17) is 9.47 Å². The van der Waals surface area contributed by atoms with Crippen LogP contribution in [0.25, 0.3) is 0 Å². The number of likely N-dealkylation sites (tertiary alicyclic amines) is 1. The Hall–Kier alpha value is -1.70. The van der Waals surface area contributed by atoms with Gasteiger partial charge in [0.15, 0.2) is 6.23 Å². The van der Waals surface area contributed by atoms with Crippen LogP contribution < -0.4 is 0 Å². The van der Waals surface area contributed by atoms with Gasteiger partial charge >= 0.3 is 0 Å². The molecular weight excluding hydrogens is 600 g/mol. The van der Waals surface area contributed by atoms with Crippen LogP contribution in [0.2, 0.25) is 0 Å². The highest BCUT2D eigenvalue weighted by Gasteiger charge is 2.61. The van der Waals surface area contributed by atoms with E-state index in [2.05, 4.69) is 49.0 Å². The maximum absolute atomic E-state index is 10.6. The predicted molar refractivity (Wildman–Crippen MR) is 171 cm³/mol. The van der Waals surface area contributed by atoms with E-state index in [1.54, 1.807) is 11.8 Å². The molecule has 0 amide bonds. The molecule has 0 aromatic carbocycles. The number of aliphatic hydroxyl groups is 5. The molecule has 47 heavy (non-hydrogen) atoms. The molecule has 1 spiro atoms. The van der Waals surface area contributed by atoms with E-state index in [1.807, 2.05) is 0 Å². The van der Waals surface area contributed by atoms with Gasteiger partial charge in [0, 0.05) is 25.0 Å². The zero-order valence-corrected chi connectivity index (χ0v) is 28.3. The quantitative estimate of drug-likeness (QED) is 0.306. The molecule has 3 saturated heterocycles. The number of rotatable bonds is 4. The highest BCUT2D eigenvalue weighted by molar-refractivity contribution is 5.38. The van der Waals surface area contributed by atoms with Crippen molar-refractivity contribution in [3.63, 3.8) is 0 Å². The van der Waals surface area contributed by atoms with Gasteiger partial charge < -0.3 is 35.0 Å². The number of aliphatic hydroxyl groups excluding tert-OH is 5. The van der Waals surface area contributed by atoms with Crippen LogP contribution in [0.1, 0.15) is 91.0 Å². The van der Waals surface area contributed by atoms with Crippen LogP contribution in [0, 0.1) is 35.0 Å². The summed E-state index contributed by atoms with van der Waals surface area (Å²) in [7, 11) is 0. The summed E-state index contributed by atoms with van der Waals surface area (Å²) in [5.41, 5.74) is 5.35. The van der Waals surface area contributed by atoms with Crippen molar-refractivity contribution in [2.75, 3.05) is 13.2 Å². The summed E-state index contributed by atoms with van der Waals surface area (Å²) in [5, 5.41) is 59.9. The number of aromatic nitrogens is 3. The van der Waals surface area contributed by atoms with Crippen molar-refractivity contribution in [2.24, 2.45) is 35.0 Å². The molecule has 4 heterocycles. The molecule has 11 heteroatoms. The first kappa shape index (κ1) is 32.5. The third-order valence-corrected chi connectivity index (χ3v) is 14.1. The first-order valence-corrected chi connectivity index (χ1v) is 18.2. The number of allylic oxidation sites excluding steroid dienone is 2. The van der Waals surface area contributed by atoms with Crippen molar-refractivity contribution in [1.82, 2.24) is 19.9 Å². The Balaban J connectivity index is 1.03. The molecular formula is C36H54N4O7. The number of hydrogen-bond acceptors (Lipinski definition) is 10. The normalized spacial score (nSPS) is 49.8. The third-order valence-electron chi connectivity index (χ3n) is 14.1. The fraction of sp³-hybridized carbons (Fsp3) is 0.833.